The molecule has 0 amide bonds. The van der Waals surface area contributed by atoms with Crippen LogP contribution in [0.2, 0.25) is 0 Å². The van der Waals surface area contributed by atoms with Crippen LogP contribution in [0.5, 0.6) is 0 Å². The fraction of sp³-hybridized carbons (Fsp3) is 0.500. The van der Waals surface area contributed by atoms with E-state index >= 15 is 0 Å². The van der Waals surface area contributed by atoms with Gasteiger partial charge in [0.15, 0.2) is 0 Å². The van der Waals surface area contributed by atoms with Crippen molar-refractivity contribution in [3.05, 3.63) is 23.8 Å². The second-order valence-electron chi connectivity index (χ2n) is 4.17. The molecule has 0 atom stereocenters. The summed E-state index contributed by atoms with van der Waals surface area (Å²) >= 11 is 0. The third-order valence-electron chi connectivity index (χ3n) is 3.14. The first kappa shape index (κ1) is 12.2. The number of benzene rings is 1. The summed E-state index contributed by atoms with van der Waals surface area (Å²) in [4.78, 5) is 0. The highest BCUT2D eigenvalue weighted by Gasteiger charge is 2.25. The molecule has 0 aromatic heterocycles. The van der Waals surface area contributed by atoms with Crippen LogP contribution < -0.4 is 9.62 Å². The van der Waals surface area contributed by atoms with Crippen LogP contribution in [0.25, 0.3) is 0 Å². The minimum Gasteiger partial charge on any atom is -0.388 e. The first-order chi connectivity index (χ1) is 8.08. The van der Waals surface area contributed by atoms with Crippen molar-refractivity contribution in [2.24, 2.45) is 0 Å². The quantitative estimate of drug-likeness (QED) is 0.895. The molecule has 0 saturated heterocycles. The standard InChI is InChI=1S/C12H18N2O2S/c1-3-17(15,16)14-8-4-5-10-9-11(13-2)6-7-12(10)14/h6-7,9,13H,3-5,8H2,1-2H3. The van der Waals surface area contributed by atoms with Crippen molar-refractivity contribution in [1.29, 1.82) is 0 Å². The maximum atomic E-state index is 12.0. The molecule has 0 aliphatic carbocycles. The fourth-order valence-electron chi connectivity index (χ4n) is 2.16. The molecule has 1 aromatic rings. The van der Waals surface area contributed by atoms with Gasteiger partial charge in [0.1, 0.15) is 0 Å². The predicted molar refractivity (Wildman–Crippen MR) is 71.1 cm³/mol. The third-order valence-corrected chi connectivity index (χ3v) is 4.93. The van der Waals surface area contributed by atoms with Crippen LogP contribution >= 0.6 is 0 Å². The number of nitrogens with zero attached hydrogens (tertiary/aromatic N) is 1. The van der Waals surface area contributed by atoms with Crippen molar-refractivity contribution < 1.29 is 8.42 Å². The van der Waals surface area contributed by atoms with E-state index in [-0.39, 0.29) is 5.75 Å². The van der Waals surface area contributed by atoms with Gasteiger partial charge in [-0.2, -0.15) is 0 Å². The van der Waals surface area contributed by atoms with Gasteiger partial charge in [-0.15, -0.1) is 0 Å². The topological polar surface area (TPSA) is 49.4 Å². The molecule has 1 aliphatic rings. The Bertz CT molecular complexity index is 511. The molecule has 2 rings (SSSR count). The van der Waals surface area contributed by atoms with E-state index in [4.69, 9.17) is 0 Å². The SMILES string of the molecule is CCS(=O)(=O)N1CCCc2cc(NC)ccc21. The number of hydrogen-bond acceptors (Lipinski definition) is 3. The minimum absolute atomic E-state index is 0.153. The molecule has 17 heavy (non-hydrogen) atoms. The largest absolute Gasteiger partial charge is 0.388 e. The first-order valence-electron chi connectivity index (χ1n) is 5.89. The summed E-state index contributed by atoms with van der Waals surface area (Å²) in [5, 5.41) is 3.08. The number of fused-ring (bicyclic) bond motifs is 1. The molecule has 0 radical (unpaired) electrons. The predicted octanol–water partition coefficient (Wildman–Crippen LogP) is 1.83. The highest BCUT2D eigenvalue weighted by Crippen LogP contribution is 2.31. The molecule has 0 bridgehead atoms. The van der Waals surface area contributed by atoms with Crippen molar-refractivity contribution in [1.82, 2.24) is 0 Å². The molecule has 1 aliphatic heterocycles. The number of nitrogens with one attached hydrogen (secondary N) is 1. The Morgan fingerprint density at radius 3 is 2.82 bits per heavy atom. The van der Waals surface area contributed by atoms with Gasteiger partial charge in [-0.1, -0.05) is 0 Å². The normalized spacial score (nSPS) is 15.5. The molecular formula is C12H18N2O2S. The van der Waals surface area contributed by atoms with Crippen LogP contribution in [0, 0.1) is 0 Å². The molecule has 1 N–H and O–H groups in total. The Balaban J connectivity index is 2.45. The molecule has 94 valence electrons. The molecule has 5 heteroatoms. The molecule has 4 nitrogen and oxygen atoms in total. The lowest BCUT2D eigenvalue weighted by molar-refractivity contribution is 0.588. The second kappa shape index (κ2) is 4.56. The molecule has 0 spiro atoms. The first-order valence-corrected chi connectivity index (χ1v) is 7.50. The minimum atomic E-state index is -3.14. The summed E-state index contributed by atoms with van der Waals surface area (Å²) in [5.74, 6) is 0.153. The highest BCUT2D eigenvalue weighted by molar-refractivity contribution is 7.92. The van der Waals surface area contributed by atoms with Gasteiger partial charge in [0, 0.05) is 19.3 Å². The summed E-state index contributed by atoms with van der Waals surface area (Å²) in [5.41, 5.74) is 2.98. The van der Waals surface area contributed by atoms with Crippen molar-refractivity contribution >= 4 is 21.4 Å². The smallest absolute Gasteiger partial charge is 0.234 e. The second-order valence-corrected chi connectivity index (χ2v) is 6.35. The third kappa shape index (κ3) is 2.24. The number of sulfonamides is 1. The van der Waals surface area contributed by atoms with Gasteiger partial charge in [-0.05, 0) is 43.5 Å². The zero-order valence-corrected chi connectivity index (χ0v) is 11.0. The monoisotopic (exact) mass is 254 g/mol. The maximum Gasteiger partial charge on any atom is 0.234 e. The van der Waals surface area contributed by atoms with Gasteiger partial charge in [0.25, 0.3) is 0 Å². The van der Waals surface area contributed by atoms with E-state index < -0.39 is 10.0 Å². The van der Waals surface area contributed by atoms with Gasteiger partial charge in [-0.3, -0.25) is 4.31 Å². The number of aryl methyl sites for hydroxylation is 1. The summed E-state index contributed by atoms with van der Waals surface area (Å²) in [6.07, 6.45) is 1.83. The van der Waals surface area contributed by atoms with Crippen LogP contribution in [0.1, 0.15) is 18.9 Å². The zero-order chi connectivity index (χ0) is 12.5. The summed E-state index contributed by atoms with van der Waals surface area (Å²) in [7, 11) is -1.28. The molecule has 1 heterocycles. The molecule has 1 aromatic carbocycles. The lowest BCUT2D eigenvalue weighted by Gasteiger charge is -2.30. The lowest BCUT2D eigenvalue weighted by Crippen LogP contribution is -2.36. The van der Waals surface area contributed by atoms with Crippen LogP contribution in [0.15, 0.2) is 18.2 Å². The average molecular weight is 254 g/mol. The number of rotatable bonds is 3. The number of hydrogen-bond donors (Lipinski definition) is 1. The molecule has 0 saturated carbocycles. The van der Waals surface area contributed by atoms with E-state index in [2.05, 4.69) is 5.32 Å². The molecule has 0 fully saturated rings. The van der Waals surface area contributed by atoms with Crippen molar-refractivity contribution in [2.45, 2.75) is 19.8 Å². The van der Waals surface area contributed by atoms with Gasteiger partial charge >= 0.3 is 0 Å². The number of anilines is 2. The Morgan fingerprint density at radius 2 is 2.18 bits per heavy atom. The van der Waals surface area contributed by atoms with Gasteiger partial charge in [0.2, 0.25) is 10.0 Å². The van der Waals surface area contributed by atoms with E-state index in [1.54, 1.807) is 11.2 Å². The van der Waals surface area contributed by atoms with Crippen molar-refractivity contribution in [3.8, 4) is 0 Å². The van der Waals surface area contributed by atoms with E-state index in [0.717, 1.165) is 29.8 Å². The van der Waals surface area contributed by atoms with Crippen molar-refractivity contribution in [3.63, 3.8) is 0 Å². The Kier molecular flexibility index (Phi) is 3.28. The maximum absolute atomic E-state index is 12.0. The Hall–Kier alpha value is -1.23. The summed E-state index contributed by atoms with van der Waals surface area (Å²) in [6.45, 7) is 2.29. The van der Waals surface area contributed by atoms with E-state index in [9.17, 15) is 8.42 Å². The average Bonchev–Trinajstić information content (AvgIpc) is 2.37. The Morgan fingerprint density at radius 1 is 1.41 bits per heavy atom. The Labute approximate surface area is 103 Å². The zero-order valence-electron chi connectivity index (χ0n) is 10.2. The molecular weight excluding hydrogens is 236 g/mol. The lowest BCUT2D eigenvalue weighted by atomic mass is 10.0. The van der Waals surface area contributed by atoms with E-state index in [0.29, 0.717) is 6.54 Å². The van der Waals surface area contributed by atoms with Crippen LogP contribution in [0.3, 0.4) is 0 Å². The molecule has 0 unspecified atom stereocenters. The van der Waals surface area contributed by atoms with E-state index in [1.807, 2.05) is 25.2 Å². The van der Waals surface area contributed by atoms with Crippen molar-refractivity contribution in [2.75, 3.05) is 29.0 Å². The van der Waals surface area contributed by atoms with Crippen LogP contribution in [0.4, 0.5) is 11.4 Å². The fourth-order valence-corrected chi connectivity index (χ4v) is 3.36. The summed E-state index contributed by atoms with van der Waals surface area (Å²) < 4.78 is 25.5. The highest BCUT2D eigenvalue weighted by atomic mass is 32.2. The van der Waals surface area contributed by atoms with Crippen LogP contribution in [-0.2, 0) is 16.4 Å². The van der Waals surface area contributed by atoms with Gasteiger partial charge in [-0.25, -0.2) is 8.42 Å². The van der Waals surface area contributed by atoms with Gasteiger partial charge < -0.3 is 5.32 Å². The van der Waals surface area contributed by atoms with Crippen LogP contribution in [-0.4, -0.2) is 27.8 Å². The van der Waals surface area contributed by atoms with E-state index in [1.165, 1.54) is 0 Å². The summed E-state index contributed by atoms with van der Waals surface area (Å²) in [6, 6.07) is 5.85. The van der Waals surface area contributed by atoms with Gasteiger partial charge in [0.05, 0.1) is 11.4 Å².